The van der Waals surface area contributed by atoms with E-state index in [0.29, 0.717) is 34.5 Å². The summed E-state index contributed by atoms with van der Waals surface area (Å²) in [7, 11) is 0. The van der Waals surface area contributed by atoms with Crippen molar-refractivity contribution in [3.63, 3.8) is 0 Å². The predicted octanol–water partition coefficient (Wildman–Crippen LogP) is 7.76. The van der Waals surface area contributed by atoms with Crippen molar-refractivity contribution >= 4 is 35.8 Å². The molecule has 0 amide bonds. The van der Waals surface area contributed by atoms with Crippen LogP contribution in [0.4, 0.5) is 0 Å². The summed E-state index contributed by atoms with van der Waals surface area (Å²) >= 11 is 0. The molecule has 0 bridgehead atoms. The zero-order chi connectivity index (χ0) is 40.5. The van der Waals surface area contributed by atoms with Crippen LogP contribution >= 0.6 is 0 Å². The average Bonchev–Trinajstić information content (AvgIpc) is 3.20. The van der Waals surface area contributed by atoms with E-state index in [2.05, 4.69) is 0 Å². The van der Waals surface area contributed by atoms with Gasteiger partial charge in [0, 0.05) is 19.5 Å². The molecule has 0 saturated carbocycles. The standard InChI is InChI=1S/3C15H12O4.Rh/c3*16-14(18-12-7-3-1-4-8-12)11-15(17)19-13-9-5-2-6-10-13;/h3*1-10H,11H2;. The Morgan fingerprint density at radius 1 is 0.241 bits per heavy atom. The number of para-hydroxylation sites is 6. The van der Waals surface area contributed by atoms with Gasteiger partial charge in [-0.05, 0) is 72.8 Å². The third kappa shape index (κ3) is 18.9. The molecule has 12 nitrogen and oxygen atoms in total. The third-order valence-electron chi connectivity index (χ3n) is 6.72. The number of rotatable bonds is 12. The summed E-state index contributed by atoms with van der Waals surface area (Å²) in [5.74, 6) is -1.46. The van der Waals surface area contributed by atoms with Crippen LogP contribution in [-0.2, 0) is 48.2 Å². The van der Waals surface area contributed by atoms with E-state index in [1.54, 1.807) is 182 Å². The first kappa shape index (κ1) is 45.2. The Kier molecular flexibility index (Phi) is 20.1. The van der Waals surface area contributed by atoms with E-state index in [1.165, 1.54) is 0 Å². The van der Waals surface area contributed by atoms with Gasteiger partial charge in [-0.25, -0.2) is 0 Å². The first-order valence-electron chi connectivity index (χ1n) is 17.3. The number of carbonyl (C=O) groups is 6. The Hall–Kier alpha value is -7.24. The van der Waals surface area contributed by atoms with Gasteiger partial charge < -0.3 is 28.4 Å². The maximum Gasteiger partial charge on any atom is 0.322 e. The van der Waals surface area contributed by atoms with Gasteiger partial charge in [-0.2, -0.15) is 0 Å². The molecular formula is C45H36O12Rh. The molecule has 0 fully saturated rings. The molecule has 0 saturated heterocycles. The fourth-order valence-corrected chi connectivity index (χ4v) is 4.29. The van der Waals surface area contributed by atoms with Gasteiger partial charge in [-0.15, -0.1) is 0 Å². The Morgan fingerprint density at radius 2 is 0.362 bits per heavy atom. The Morgan fingerprint density at radius 3 is 0.483 bits per heavy atom. The van der Waals surface area contributed by atoms with Crippen molar-refractivity contribution in [1.82, 2.24) is 0 Å². The molecule has 0 aliphatic heterocycles. The second kappa shape index (κ2) is 25.8. The van der Waals surface area contributed by atoms with Crippen LogP contribution in [-0.4, -0.2) is 35.8 Å². The van der Waals surface area contributed by atoms with Crippen LogP contribution in [0.2, 0.25) is 0 Å². The van der Waals surface area contributed by atoms with Crippen molar-refractivity contribution in [1.29, 1.82) is 0 Å². The molecule has 0 aromatic heterocycles. The molecule has 0 heterocycles. The number of benzene rings is 6. The molecule has 0 unspecified atom stereocenters. The van der Waals surface area contributed by atoms with Crippen LogP contribution < -0.4 is 28.4 Å². The molecule has 0 atom stereocenters. The molecule has 0 aliphatic carbocycles. The molecule has 0 N–H and O–H groups in total. The third-order valence-corrected chi connectivity index (χ3v) is 6.72. The second-order valence-corrected chi connectivity index (χ2v) is 11.3. The van der Waals surface area contributed by atoms with Crippen molar-refractivity contribution < 1.29 is 76.7 Å². The summed E-state index contributed by atoms with van der Waals surface area (Å²) in [6.07, 6.45) is -1.28. The number of esters is 6. The van der Waals surface area contributed by atoms with Gasteiger partial charge in [0.2, 0.25) is 0 Å². The number of hydrogen-bond acceptors (Lipinski definition) is 12. The number of hydrogen-bond donors (Lipinski definition) is 0. The molecule has 297 valence electrons. The van der Waals surface area contributed by atoms with Crippen LogP contribution in [0.15, 0.2) is 182 Å². The summed E-state index contributed by atoms with van der Waals surface area (Å²) < 4.78 is 29.9. The van der Waals surface area contributed by atoms with Gasteiger partial charge in [0.15, 0.2) is 0 Å². The topological polar surface area (TPSA) is 158 Å². The van der Waals surface area contributed by atoms with Gasteiger partial charge in [0.25, 0.3) is 0 Å². The van der Waals surface area contributed by atoms with Crippen LogP contribution in [0.1, 0.15) is 19.3 Å². The minimum absolute atomic E-state index is 0. The van der Waals surface area contributed by atoms with E-state index in [-0.39, 0.29) is 19.5 Å². The molecule has 6 aromatic rings. The minimum Gasteiger partial charge on any atom is -0.426 e. The van der Waals surface area contributed by atoms with Gasteiger partial charge in [-0.3, -0.25) is 28.8 Å². The molecule has 13 heteroatoms. The van der Waals surface area contributed by atoms with Crippen LogP contribution in [0.3, 0.4) is 0 Å². The van der Waals surface area contributed by atoms with Crippen molar-refractivity contribution in [2.75, 3.05) is 0 Å². The first-order valence-corrected chi connectivity index (χ1v) is 17.3. The molecule has 6 aromatic carbocycles. The average molecular weight is 872 g/mol. The molecule has 0 aliphatic rings. The van der Waals surface area contributed by atoms with Crippen LogP contribution in [0.25, 0.3) is 0 Å². The van der Waals surface area contributed by atoms with E-state index >= 15 is 0 Å². The largest absolute Gasteiger partial charge is 0.426 e. The Labute approximate surface area is 347 Å². The quantitative estimate of drug-likeness (QED) is 0.0510. The van der Waals surface area contributed by atoms with Crippen LogP contribution in [0.5, 0.6) is 34.5 Å². The summed E-state index contributed by atoms with van der Waals surface area (Å²) in [4.78, 5) is 68.9. The summed E-state index contributed by atoms with van der Waals surface area (Å²) in [5.41, 5.74) is 0. The molecule has 58 heavy (non-hydrogen) atoms. The summed E-state index contributed by atoms with van der Waals surface area (Å²) in [5, 5.41) is 0. The van der Waals surface area contributed by atoms with Gasteiger partial charge in [0.1, 0.15) is 53.8 Å². The van der Waals surface area contributed by atoms with E-state index in [4.69, 9.17) is 28.4 Å². The predicted molar refractivity (Wildman–Crippen MR) is 206 cm³/mol. The molecular weight excluding hydrogens is 835 g/mol. The van der Waals surface area contributed by atoms with E-state index < -0.39 is 55.1 Å². The monoisotopic (exact) mass is 871 g/mol. The summed E-state index contributed by atoms with van der Waals surface area (Å²) in [6, 6.07) is 51.4. The SMILES string of the molecule is O=C(CC(=O)Oc1ccccc1)Oc1ccccc1.O=C(CC(=O)Oc1ccccc1)Oc1ccccc1.O=C(CC(=O)Oc1ccccc1)Oc1ccccc1.[Rh]. The minimum atomic E-state index is -0.646. The zero-order valence-electron chi connectivity index (χ0n) is 30.7. The summed E-state index contributed by atoms with van der Waals surface area (Å²) in [6.45, 7) is 0. The van der Waals surface area contributed by atoms with Crippen molar-refractivity contribution in [2.45, 2.75) is 19.3 Å². The van der Waals surface area contributed by atoms with Crippen molar-refractivity contribution in [2.24, 2.45) is 0 Å². The zero-order valence-corrected chi connectivity index (χ0v) is 32.3. The van der Waals surface area contributed by atoms with Gasteiger partial charge in [-0.1, -0.05) is 109 Å². The normalized spacial score (nSPS) is 9.52. The van der Waals surface area contributed by atoms with E-state index in [1.807, 2.05) is 0 Å². The fraction of sp³-hybridized carbons (Fsp3) is 0.0667. The van der Waals surface area contributed by atoms with Crippen molar-refractivity contribution in [3.8, 4) is 34.5 Å². The smallest absolute Gasteiger partial charge is 0.322 e. The Bertz CT molecular complexity index is 1750. The van der Waals surface area contributed by atoms with Gasteiger partial charge >= 0.3 is 35.8 Å². The van der Waals surface area contributed by atoms with E-state index in [0.717, 1.165) is 0 Å². The Balaban J connectivity index is 0.000000231. The van der Waals surface area contributed by atoms with Crippen LogP contribution in [0, 0.1) is 0 Å². The fourth-order valence-electron chi connectivity index (χ4n) is 4.29. The van der Waals surface area contributed by atoms with E-state index in [9.17, 15) is 28.8 Å². The maximum absolute atomic E-state index is 11.5. The molecule has 1 radical (unpaired) electrons. The maximum atomic E-state index is 11.5. The number of ether oxygens (including phenoxy) is 6. The first-order chi connectivity index (χ1) is 27.7. The molecule has 0 spiro atoms. The van der Waals surface area contributed by atoms with Crippen molar-refractivity contribution in [3.05, 3.63) is 182 Å². The molecule has 6 rings (SSSR count). The van der Waals surface area contributed by atoms with Gasteiger partial charge in [0.05, 0.1) is 0 Å². The second-order valence-electron chi connectivity index (χ2n) is 11.3. The number of carbonyl (C=O) groups excluding carboxylic acids is 6.